The van der Waals surface area contributed by atoms with E-state index in [0.717, 1.165) is 10.0 Å². The van der Waals surface area contributed by atoms with Crippen LogP contribution in [0.3, 0.4) is 0 Å². The molecule has 1 heterocycles. The summed E-state index contributed by atoms with van der Waals surface area (Å²) in [6.07, 6.45) is 0.818. The molecule has 7 nitrogen and oxygen atoms in total. The van der Waals surface area contributed by atoms with Gasteiger partial charge in [-0.3, -0.25) is 9.59 Å². The Morgan fingerprint density at radius 2 is 1.73 bits per heavy atom. The molecule has 0 bridgehead atoms. The van der Waals surface area contributed by atoms with Gasteiger partial charge in [-0.2, -0.15) is 0 Å². The van der Waals surface area contributed by atoms with Gasteiger partial charge in [0.1, 0.15) is 6.04 Å². The third-order valence-electron chi connectivity index (χ3n) is 6.06. The molecule has 2 unspecified atom stereocenters. The van der Waals surface area contributed by atoms with Crippen molar-refractivity contribution in [1.29, 1.82) is 0 Å². The predicted molar refractivity (Wildman–Crippen MR) is 152 cm³/mol. The molecule has 10 heteroatoms. The summed E-state index contributed by atoms with van der Waals surface area (Å²) in [6.45, 7) is 9.55. The van der Waals surface area contributed by atoms with E-state index in [1.807, 2.05) is 44.2 Å². The number of nitrogens with one attached hydrogen (secondary N) is 3. The van der Waals surface area contributed by atoms with E-state index in [2.05, 4.69) is 45.7 Å². The first-order valence-corrected chi connectivity index (χ1v) is 13.9. The summed E-state index contributed by atoms with van der Waals surface area (Å²) >= 11 is 9.68. The van der Waals surface area contributed by atoms with Gasteiger partial charge in [-0.1, -0.05) is 71.7 Å². The van der Waals surface area contributed by atoms with Crippen LogP contribution in [-0.2, 0) is 20.5 Å². The van der Waals surface area contributed by atoms with Crippen LogP contribution in [-0.4, -0.2) is 56.2 Å². The molecule has 2 amide bonds. The fourth-order valence-corrected chi connectivity index (χ4v) is 4.83. The molecule has 200 valence electrons. The molecule has 2 aromatic carbocycles. The second-order valence-electron chi connectivity index (χ2n) is 10.0. The number of carbonyl (C=O) groups is 2. The maximum absolute atomic E-state index is 13.7. The molecule has 0 radical (unpaired) electrons. The summed E-state index contributed by atoms with van der Waals surface area (Å²) in [4.78, 5) is 26.9. The highest BCUT2D eigenvalue weighted by atomic mass is 79.9. The Labute approximate surface area is 233 Å². The van der Waals surface area contributed by atoms with Crippen molar-refractivity contribution in [3.63, 3.8) is 0 Å². The molecule has 1 fully saturated rings. The molecule has 37 heavy (non-hydrogen) atoms. The van der Waals surface area contributed by atoms with Crippen molar-refractivity contribution >= 4 is 46.5 Å². The highest BCUT2D eigenvalue weighted by molar-refractivity contribution is 9.10. The minimum Gasteiger partial charge on any atom is -0.406 e. The standard InChI is InChI=1S/C27H36BBrClN3O4/c1-17(2)12-25(28-36-18(3)15-31-16-19(4)37-28)33-27(35)24(13-20-8-6-5-7-9-20)32-26(34)22-14-21(29)10-11-23(22)30/h5-11,14,17-19,24-25,31H,12-13,15-16H2,1-4H3,(H,32,34)(H,33,35)/t18?,19?,24-,25-/m0/s1. The Bertz CT molecular complexity index is 1030. The van der Waals surface area contributed by atoms with Gasteiger partial charge in [0.2, 0.25) is 5.91 Å². The number of rotatable bonds is 9. The summed E-state index contributed by atoms with van der Waals surface area (Å²) in [6, 6.07) is 13.8. The lowest BCUT2D eigenvalue weighted by atomic mass is 9.72. The van der Waals surface area contributed by atoms with Gasteiger partial charge in [0.05, 0.1) is 28.7 Å². The van der Waals surface area contributed by atoms with Crippen LogP contribution >= 0.6 is 27.5 Å². The SMILES string of the molecule is CC(C)C[C@H](NC(=O)[C@H](Cc1ccccc1)NC(=O)c1cc(Br)ccc1Cl)B1OC(C)CNCC(C)O1. The molecule has 0 spiro atoms. The van der Waals surface area contributed by atoms with Crippen LogP contribution in [0.15, 0.2) is 53.0 Å². The third kappa shape index (κ3) is 9.41. The molecule has 4 atom stereocenters. The third-order valence-corrected chi connectivity index (χ3v) is 6.88. The molecule has 1 saturated heterocycles. The van der Waals surface area contributed by atoms with E-state index in [1.54, 1.807) is 18.2 Å². The number of hydrogen-bond acceptors (Lipinski definition) is 5. The number of amides is 2. The van der Waals surface area contributed by atoms with Gasteiger partial charge >= 0.3 is 7.12 Å². The topological polar surface area (TPSA) is 88.7 Å². The van der Waals surface area contributed by atoms with Crippen molar-refractivity contribution < 1.29 is 18.9 Å². The monoisotopic (exact) mass is 591 g/mol. The van der Waals surface area contributed by atoms with Crippen LogP contribution in [0.4, 0.5) is 0 Å². The summed E-state index contributed by atoms with van der Waals surface area (Å²) in [7, 11) is -0.606. The van der Waals surface area contributed by atoms with Crippen LogP contribution in [0, 0.1) is 5.92 Å². The first kappa shape index (κ1) is 29.6. The Balaban J connectivity index is 1.84. The van der Waals surface area contributed by atoms with E-state index in [4.69, 9.17) is 20.9 Å². The first-order chi connectivity index (χ1) is 17.6. The minimum atomic E-state index is -0.829. The van der Waals surface area contributed by atoms with Crippen LogP contribution in [0.25, 0.3) is 0 Å². The van der Waals surface area contributed by atoms with Crippen molar-refractivity contribution in [2.45, 2.75) is 64.7 Å². The molecule has 3 N–H and O–H groups in total. The van der Waals surface area contributed by atoms with Crippen molar-refractivity contribution in [2.24, 2.45) is 5.92 Å². The summed E-state index contributed by atoms with van der Waals surface area (Å²) in [5, 5.41) is 9.68. The number of halogens is 2. The molecule has 0 aliphatic carbocycles. The summed E-state index contributed by atoms with van der Waals surface area (Å²) < 4.78 is 13.1. The fraction of sp³-hybridized carbons (Fsp3) is 0.481. The van der Waals surface area contributed by atoms with Gasteiger partial charge in [-0.15, -0.1) is 0 Å². The molecule has 3 rings (SSSR count). The zero-order valence-corrected chi connectivity index (χ0v) is 24.1. The first-order valence-electron chi connectivity index (χ1n) is 12.7. The van der Waals surface area contributed by atoms with Gasteiger partial charge in [0, 0.05) is 24.0 Å². The summed E-state index contributed by atoms with van der Waals surface area (Å²) in [5.74, 6) is -0.828. The molecule has 2 aromatic rings. The van der Waals surface area contributed by atoms with Gasteiger partial charge < -0.3 is 25.3 Å². The Morgan fingerprint density at radius 3 is 2.35 bits per heavy atom. The molecule has 0 saturated carbocycles. The lowest BCUT2D eigenvalue weighted by Gasteiger charge is -2.33. The largest absolute Gasteiger partial charge is 0.481 e. The lowest BCUT2D eigenvalue weighted by molar-refractivity contribution is -0.123. The smallest absolute Gasteiger partial charge is 0.406 e. The van der Waals surface area contributed by atoms with E-state index in [0.29, 0.717) is 36.5 Å². The van der Waals surface area contributed by atoms with Crippen LogP contribution in [0.1, 0.15) is 50.0 Å². The number of benzene rings is 2. The lowest BCUT2D eigenvalue weighted by Crippen LogP contribution is -2.58. The minimum absolute atomic E-state index is 0.0810. The molecular formula is C27H36BBrClN3O4. The van der Waals surface area contributed by atoms with E-state index in [9.17, 15) is 9.59 Å². The molecule has 1 aliphatic rings. The van der Waals surface area contributed by atoms with Crippen LogP contribution in [0.5, 0.6) is 0 Å². The van der Waals surface area contributed by atoms with Crippen LogP contribution in [0.2, 0.25) is 5.02 Å². The fourth-order valence-electron chi connectivity index (χ4n) is 4.26. The number of carbonyl (C=O) groups excluding carboxylic acids is 2. The van der Waals surface area contributed by atoms with E-state index in [1.165, 1.54) is 0 Å². The summed E-state index contributed by atoms with van der Waals surface area (Å²) in [5.41, 5.74) is 1.22. The number of hydrogen-bond donors (Lipinski definition) is 3. The van der Waals surface area contributed by atoms with E-state index < -0.39 is 19.1 Å². The van der Waals surface area contributed by atoms with Crippen molar-refractivity contribution in [2.75, 3.05) is 13.1 Å². The van der Waals surface area contributed by atoms with Crippen molar-refractivity contribution in [1.82, 2.24) is 16.0 Å². The highest BCUT2D eigenvalue weighted by Crippen LogP contribution is 2.21. The zero-order chi connectivity index (χ0) is 26.9. The van der Waals surface area contributed by atoms with E-state index >= 15 is 0 Å². The Morgan fingerprint density at radius 1 is 1.08 bits per heavy atom. The van der Waals surface area contributed by atoms with Crippen LogP contribution < -0.4 is 16.0 Å². The molecular weight excluding hydrogens is 556 g/mol. The van der Waals surface area contributed by atoms with Crippen molar-refractivity contribution in [3.8, 4) is 0 Å². The van der Waals surface area contributed by atoms with Gasteiger partial charge in [0.15, 0.2) is 0 Å². The molecule has 0 aromatic heterocycles. The zero-order valence-electron chi connectivity index (χ0n) is 21.8. The van der Waals surface area contributed by atoms with E-state index in [-0.39, 0.29) is 30.0 Å². The quantitative estimate of drug-likeness (QED) is 0.376. The normalized spacial score (nSPS) is 20.0. The maximum atomic E-state index is 13.7. The Hall–Kier alpha value is -1.91. The average Bonchev–Trinajstić information content (AvgIpc) is 2.83. The second kappa shape index (κ2) is 14.3. The average molecular weight is 593 g/mol. The van der Waals surface area contributed by atoms with Gasteiger partial charge in [0.25, 0.3) is 5.91 Å². The van der Waals surface area contributed by atoms with Crippen molar-refractivity contribution in [3.05, 3.63) is 69.2 Å². The predicted octanol–water partition coefficient (Wildman–Crippen LogP) is 4.42. The second-order valence-corrected chi connectivity index (χ2v) is 11.3. The van der Waals surface area contributed by atoms with Gasteiger partial charge in [-0.05, 0) is 49.9 Å². The highest BCUT2D eigenvalue weighted by Gasteiger charge is 2.37. The van der Waals surface area contributed by atoms with Gasteiger partial charge in [-0.25, -0.2) is 0 Å². The Kier molecular flexibility index (Phi) is 11.5. The molecule has 1 aliphatic heterocycles. The maximum Gasteiger partial charge on any atom is 0.481 e.